The van der Waals surface area contributed by atoms with Crippen molar-refractivity contribution in [1.29, 1.82) is 0 Å². The Labute approximate surface area is 208 Å². The molecule has 0 aliphatic rings. The first-order chi connectivity index (χ1) is 16.5. The van der Waals surface area contributed by atoms with Gasteiger partial charge in [0.05, 0.1) is 0 Å². The summed E-state index contributed by atoms with van der Waals surface area (Å²) in [6.07, 6.45) is 0. The molecule has 4 aromatic rings. The van der Waals surface area contributed by atoms with E-state index in [-0.39, 0.29) is 0 Å². The van der Waals surface area contributed by atoms with Gasteiger partial charge in [-0.1, -0.05) is 60.7 Å². The minimum absolute atomic E-state index is 0.962. The summed E-state index contributed by atoms with van der Waals surface area (Å²) < 4.78 is 38.8. The highest BCUT2D eigenvalue weighted by Gasteiger charge is 2.19. The van der Waals surface area contributed by atoms with E-state index in [9.17, 15) is 0 Å². The lowest BCUT2D eigenvalue weighted by Gasteiger charge is -2.17. The molecule has 0 N–H and O–H groups in total. The van der Waals surface area contributed by atoms with Gasteiger partial charge in [-0.15, -0.1) is 10.2 Å². The van der Waals surface area contributed by atoms with Gasteiger partial charge in [-0.3, -0.25) is 0 Å². The fourth-order valence-electron chi connectivity index (χ4n) is 4.35. The Morgan fingerprint density at radius 1 is 0.486 bits per heavy atom. The van der Waals surface area contributed by atoms with E-state index in [0.29, 0.717) is 0 Å². The van der Waals surface area contributed by atoms with E-state index < -0.39 is 10.2 Å². The molecule has 0 unspecified atom stereocenters. The zero-order chi connectivity index (χ0) is 25.6. The van der Waals surface area contributed by atoms with Gasteiger partial charge in [-0.25, -0.2) is 18.6 Å². The zero-order valence-corrected chi connectivity index (χ0v) is 21.2. The van der Waals surface area contributed by atoms with Crippen molar-refractivity contribution in [2.75, 3.05) is 0 Å². The maximum atomic E-state index is 8.49. The lowest BCUT2D eigenvalue weighted by atomic mass is 10.0. The van der Waals surface area contributed by atoms with Crippen LogP contribution in [0.1, 0.15) is 22.8 Å². The van der Waals surface area contributed by atoms with Crippen molar-refractivity contribution in [3.63, 3.8) is 0 Å². The molecule has 0 fully saturated rings. The zero-order valence-electron chi connectivity index (χ0n) is 20.4. The standard InChI is InChI=1S/C28H30N2.ClHO4/c1-21-17-27(25-11-7-5-8-12-25)18-22(2)29(21)15-16-30-23(3)19-28(20-24(30)4)26-13-9-6-10-14-26;2-1(3,4)5/h5-14,17-20H,15-16H2,1-4H3;(H,2,3,4,5)/q+2;/p-1. The largest absolute Gasteiger partial charge is 0.222 e. The van der Waals surface area contributed by atoms with Gasteiger partial charge in [-0.05, 0) is 22.3 Å². The summed E-state index contributed by atoms with van der Waals surface area (Å²) in [5, 5.41) is 0. The molecule has 0 saturated carbocycles. The first-order valence-electron chi connectivity index (χ1n) is 11.3. The van der Waals surface area contributed by atoms with Crippen molar-refractivity contribution in [2.24, 2.45) is 0 Å². The lowest BCUT2D eigenvalue weighted by Crippen LogP contribution is -2.68. The highest BCUT2D eigenvalue weighted by atomic mass is 35.7. The molecule has 0 radical (unpaired) electrons. The Bertz CT molecular complexity index is 1130. The van der Waals surface area contributed by atoms with E-state index in [0.717, 1.165) is 13.1 Å². The Hall–Kier alpha value is -3.13. The molecule has 2 heterocycles. The van der Waals surface area contributed by atoms with Gasteiger partial charge < -0.3 is 0 Å². The van der Waals surface area contributed by atoms with Crippen LogP contribution < -0.4 is 27.8 Å². The van der Waals surface area contributed by atoms with Crippen LogP contribution in [0.2, 0.25) is 0 Å². The van der Waals surface area contributed by atoms with Crippen LogP contribution >= 0.6 is 0 Å². The normalized spacial score (nSPS) is 11.1. The number of hydrogen-bond acceptors (Lipinski definition) is 4. The molecular formula is C28H30ClN2O4+. The van der Waals surface area contributed by atoms with Crippen molar-refractivity contribution < 1.29 is 38.0 Å². The van der Waals surface area contributed by atoms with Crippen LogP contribution in [0.5, 0.6) is 0 Å². The minimum atomic E-state index is -4.94. The van der Waals surface area contributed by atoms with E-state index >= 15 is 0 Å². The third-order valence-corrected chi connectivity index (χ3v) is 5.92. The second kappa shape index (κ2) is 11.5. The fourth-order valence-corrected chi connectivity index (χ4v) is 4.35. The molecule has 0 atom stereocenters. The van der Waals surface area contributed by atoms with Gasteiger partial charge in [0, 0.05) is 52.0 Å². The van der Waals surface area contributed by atoms with Gasteiger partial charge in [-0.2, -0.15) is 9.13 Å². The molecule has 7 heteroatoms. The second-order valence-corrected chi connectivity index (χ2v) is 9.22. The van der Waals surface area contributed by atoms with E-state index in [1.165, 1.54) is 45.0 Å². The molecule has 2 aromatic heterocycles. The number of aryl methyl sites for hydroxylation is 4. The maximum absolute atomic E-state index is 8.49. The highest BCUT2D eigenvalue weighted by Crippen LogP contribution is 2.21. The quantitative estimate of drug-likeness (QED) is 0.383. The number of hydrogen-bond donors (Lipinski definition) is 0. The molecular weight excluding hydrogens is 464 g/mol. The SMILES string of the molecule is Cc1cc(-c2ccccc2)cc(C)[n+]1CC[n+]1c(C)cc(-c2ccccc2)cc1C.[O-][Cl+3]([O-])([O-])[O-]. The Morgan fingerprint density at radius 2 is 0.743 bits per heavy atom. The highest BCUT2D eigenvalue weighted by molar-refractivity contribution is 5.64. The minimum Gasteiger partial charge on any atom is -0.222 e. The van der Waals surface area contributed by atoms with Gasteiger partial charge in [0.15, 0.2) is 22.8 Å². The van der Waals surface area contributed by atoms with Crippen molar-refractivity contribution in [3.8, 4) is 22.3 Å². The third-order valence-electron chi connectivity index (χ3n) is 5.92. The van der Waals surface area contributed by atoms with Crippen LogP contribution in [0.25, 0.3) is 22.3 Å². The summed E-state index contributed by atoms with van der Waals surface area (Å²) in [5.41, 5.74) is 10.3. The molecule has 6 nitrogen and oxygen atoms in total. The first kappa shape index (κ1) is 26.5. The van der Waals surface area contributed by atoms with Crippen molar-refractivity contribution >= 4 is 0 Å². The van der Waals surface area contributed by atoms with E-state index in [4.69, 9.17) is 18.6 Å². The van der Waals surface area contributed by atoms with E-state index in [1.54, 1.807) is 0 Å². The molecule has 0 spiro atoms. The number of nitrogens with zero attached hydrogens (tertiary/aromatic N) is 2. The van der Waals surface area contributed by atoms with E-state index in [1.807, 2.05) is 0 Å². The van der Waals surface area contributed by atoms with Gasteiger partial charge in [0.1, 0.15) is 0 Å². The van der Waals surface area contributed by atoms with Crippen molar-refractivity contribution in [1.82, 2.24) is 0 Å². The summed E-state index contributed by atoms with van der Waals surface area (Å²) in [7, 11) is -4.94. The number of benzene rings is 2. The Kier molecular flexibility index (Phi) is 8.72. The predicted octanol–water partition coefficient (Wildman–Crippen LogP) is 0.773. The topological polar surface area (TPSA) is 100 Å². The molecule has 0 aliphatic carbocycles. The summed E-state index contributed by atoms with van der Waals surface area (Å²) >= 11 is 0. The average Bonchev–Trinajstić information content (AvgIpc) is 2.80. The van der Waals surface area contributed by atoms with Gasteiger partial charge >= 0.3 is 0 Å². The second-order valence-electron chi connectivity index (χ2n) is 8.47. The van der Waals surface area contributed by atoms with Crippen molar-refractivity contribution in [3.05, 3.63) is 108 Å². The maximum Gasteiger partial charge on any atom is 0.207 e. The number of rotatable bonds is 5. The smallest absolute Gasteiger partial charge is 0.207 e. The number of aromatic nitrogens is 2. The number of pyridine rings is 2. The van der Waals surface area contributed by atoms with E-state index in [2.05, 4.69) is 122 Å². The monoisotopic (exact) mass is 493 g/mol. The van der Waals surface area contributed by atoms with Gasteiger partial charge in [0.2, 0.25) is 13.1 Å². The third kappa shape index (κ3) is 7.68. The molecule has 0 amide bonds. The summed E-state index contributed by atoms with van der Waals surface area (Å²) in [4.78, 5) is 0. The first-order valence-corrected chi connectivity index (χ1v) is 12.5. The fraction of sp³-hybridized carbons (Fsp3) is 0.214. The van der Waals surface area contributed by atoms with Crippen molar-refractivity contribution in [2.45, 2.75) is 40.8 Å². The van der Waals surface area contributed by atoms with Crippen LogP contribution in [0.4, 0.5) is 0 Å². The van der Waals surface area contributed by atoms with Crippen LogP contribution in [-0.4, -0.2) is 0 Å². The molecule has 182 valence electrons. The van der Waals surface area contributed by atoms with Crippen LogP contribution in [0, 0.1) is 37.9 Å². The molecule has 35 heavy (non-hydrogen) atoms. The molecule has 4 rings (SSSR count). The van der Waals surface area contributed by atoms with Crippen LogP contribution in [0.3, 0.4) is 0 Å². The molecule has 0 saturated heterocycles. The Morgan fingerprint density at radius 3 is 1.00 bits per heavy atom. The average molecular weight is 494 g/mol. The molecule has 0 aliphatic heterocycles. The van der Waals surface area contributed by atoms with Gasteiger partial charge in [0.25, 0.3) is 0 Å². The number of halogens is 1. The summed E-state index contributed by atoms with van der Waals surface area (Å²) in [6.45, 7) is 10.8. The predicted molar refractivity (Wildman–Crippen MR) is 123 cm³/mol. The molecule has 2 aromatic carbocycles. The molecule has 0 bridgehead atoms. The van der Waals surface area contributed by atoms with Crippen LogP contribution in [-0.2, 0) is 13.1 Å². The summed E-state index contributed by atoms with van der Waals surface area (Å²) in [5.74, 6) is 0. The Balaban J connectivity index is 0.000000623. The van der Waals surface area contributed by atoms with Crippen LogP contribution in [0.15, 0.2) is 84.9 Å². The lowest BCUT2D eigenvalue weighted by molar-refractivity contribution is -2.00. The summed E-state index contributed by atoms with van der Waals surface area (Å²) in [6, 6.07) is 30.4.